The Morgan fingerprint density at radius 2 is 1.88 bits per heavy atom. The maximum atomic E-state index is 14.1. The van der Waals surface area contributed by atoms with Crippen molar-refractivity contribution in [3.05, 3.63) is 58.6 Å². The van der Waals surface area contributed by atoms with E-state index in [1.54, 1.807) is 6.07 Å². The smallest absolute Gasteiger partial charge is 0.141 e. The van der Waals surface area contributed by atoms with Gasteiger partial charge in [-0.25, -0.2) is 4.39 Å². The molecule has 34 heavy (non-hydrogen) atoms. The number of nitrogens with one attached hydrogen (secondary N) is 1. The van der Waals surface area contributed by atoms with Gasteiger partial charge in [-0.1, -0.05) is 18.5 Å². The Labute approximate surface area is 203 Å². The predicted molar refractivity (Wildman–Crippen MR) is 133 cm³/mol. The third kappa shape index (κ3) is 3.09. The van der Waals surface area contributed by atoms with Crippen molar-refractivity contribution in [2.75, 3.05) is 13.2 Å². The van der Waals surface area contributed by atoms with Crippen molar-refractivity contribution in [1.29, 1.82) is 0 Å². The molecule has 1 aliphatic heterocycles. The molecule has 0 unspecified atom stereocenters. The van der Waals surface area contributed by atoms with Gasteiger partial charge in [0.05, 0.1) is 22.3 Å². The van der Waals surface area contributed by atoms with Gasteiger partial charge in [-0.15, -0.1) is 0 Å². The van der Waals surface area contributed by atoms with Gasteiger partial charge in [-0.2, -0.15) is 5.10 Å². The van der Waals surface area contributed by atoms with E-state index in [2.05, 4.69) is 33.8 Å². The summed E-state index contributed by atoms with van der Waals surface area (Å²) in [6.45, 7) is 3.95. The minimum absolute atomic E-state index is 0.161. The first-order valence-corrected chi connectivity index (χ1v) is 12.9. The van der Waals surface area contributed by atoms with Gasteiger partial charge in [0.25, 0.3) is 0 Å². The Kier molecular flexibility index (Phi) is 4.66. The molecule has 4 nitrogen and oxygen atoms in total. The number of aromatic amines is 1. The molecule has 2 saturated carbocycles. The van der Waals surface area contributed by atoms with Crippen molar-refractivity contribution in [2.24, 2.45) is 11.3 Å². The number of nitrogens with zero attached hydrogens (tertiary/aromatic N) is 2. The summed E-state index contributed by atoms with van der Waals surface area (Å²) < 4.78 is 22.3. The molecule has 7 rings (SSSR count). The lowest BCUT2D eigenvalue weighted by molar-refractivity contribution is -0.0342. The summed E-state index contributed by atoms with van der Waals surface area (Å²) in [5, 5.41) is 10.0. The number of rotatable bonds is 3. The maximum Gasteiger partial charge on any atom is 0.141 e. The molecule has 2 aliphatic carbocycles. The highest BCUT2D eigenvalue weighted by Crippen LogP contribution is 2.65. The monoisotopic (exact) mass is 477 g/mol. The lowest BCUT2D eigenvalue weighted by Crippen LogP contribution is -2.45. The fraction of sp³-hybridized carbons (Fsp3) is 0.464. The normalized spacial score (nSPS) is 27.4. The third-order valence-corrected chi connectivity index (χ3v) is 8.99. The third-order valence-electron chi connectivity index (χ3n) is 8.70. The van der Waals surface area contributed by atoms with Crippen LogP contribution in [-0.4, -0.2) is 28.0 Å². The van der Waals surface area contributed by atoms with Gasteiger partial charge in [0.1, 0.15) is 5.82 Å². The van der Waals surface area contributed by atoms with Gasteiger partial charge in [0, 0.05) is 41.3 Å². The second-order valence-corrected chi connectivity index (χ2v) is 11.5. The van der Waals surface area contributed by atoms with Gasteiger partial charge in [0.15, 0.2) is 0 Å². The van der Waals surface area contributed by atoms with E-state index in [9.17, 15) is 4.39 Å². The standard InChI is InChI=1S/C28H29ClFN3O/c1-16-11-28(12-16)13-19(14-28)26-21-10-24-18(15-31-32-24)8-25(21)33(20-2-3-23(30)22(29)9-20)27(26)17-4-6-34-7-5-17/h2-3,8-10,15-17,19H,4-7,11-14H2,1H3,(H,31,32). The first-order chi connectivity index (χ1) is 16.5. The molecule has 3 heterocycles. The van der Waals surface area contributed by atoms with Crippen molar-refractivity contribution in [1.82, 2.24) is 14.8 Å². The number of fused-ring (bicyclic) bond motifs is 2. The molecule has 0 bridgehead atoms. The van der Waals surface area contributed by atoms with Crippen LogP contribution < -0.4 is 0 Å². The average molecular weight is 478 g/mol. The van der Waals surface area contributed by atoms with Crippen LogP contribution in [-0.2, 0) is 4.74 Å². The summed E-state index contributed by atoms with van der Waals surface area (Å²) in [5.74, 6) is 1.45. The fourth-order valence-electron chi connectivity index (χ4n) is 7.41. The zero-order valence-corrected chi connectivity index (χ0v) is 20.2. The Morgan fingerprint density at radius 3 is 2.62 bits per heavy atom. The molecule has 0 atom stereocenters. The lowest BCUT2D eigenvalue weighted by atomic mass is 9.47. The van der Waals surface area contributed by atoms with Gasteiger partial charge >= 0.3 is 0 Å². The molecule has 1 spiro atoms. The predicted octanol–water partition coefficient (Wildman–Crippen LogP) is 7.49. The number of halogens is 2. The second kappa shape index (κ2) is 7.56. The Balaban J connectivity index is 1.48. The largest absolute Gasteiger partial charge is 0.381 e. The summed E-state index contributed by atoms with van der Waals surface area (Å²) in [6, 6.07) is 9.64. The van der Waals surface area contributed by atoms with Gasteiger partial charge in [-0.05, 0) is 91.7 Å². The van der Waals surface area contributed by atoms with Crippen LogP contribution in [0, 0.1) is 17.2 Å². The van der Waals surface area contributed by atoms with Crippen molar-refractivity contribution in [3.8, 4) is 5.69 Å². The zero-order chi connectivity index (χ0) is 23.0. The quantitative estimate of drug-likeness (QED) is 0.332. The minimum atomic E-state index is -0.382. The van der Waals surface area contributed by atoms with Gasteiger partial charge in [-0.3, -0.25) is 5.10 Å². The van der Waals surface area contributed by atoms with Crippen LogP contribution in [0.5, 0.6) is 0 Å². The number of hydrogen-bond donors (Lipinski definition) is 1. The van der Waals surface area contributed by atoms with Crippen LogP contribution in [0.4, 0.5) is 4.39 Å². The number of H-pyrrole nitrogens is 1. The molecule has 1 saturated heterocycles. The van der Waals surface area contributed by atoms with Crippen LogP contribution >= 0.6 is 11.6 Å². The Hall–Kier alpha value is -2.37. The lowest BCUT2D eigenvalue weighted by Gasteiger charge is -2.57. The molecule has 2 aromatic heterocycles. The summed E-state index contributed by atoms with van der Waals surface area (Å²) in [4.78, 5) is 0. The van der Waals surface area contributed by atoms with E-state index in [-0.39, 0.29) is 10.8 Å². The van der Waals surface area contributed by atoms with Crippen LogP contribution in [0.15, 0.2) is 36.5 Å². The molecule has 3 fully saturated rings. The van der Waals surface area contributed by atoms with E-state index in [4.69, 9.17) is 16.3 Å². The van der Waals surface area contributed by atoms with Crippen molar-refractivity contribution in [2.45, 2.75) is 57.3 Å². The molecule has 0 radical (unpaired) electrons. The molecule has 1 N–H and O–H groups in total. The molecule has 3 aliphatic rings. The van der Waals surface area contributed by atoms with Crippen LogP contribution in [0.2, 0.25) is 5.02 Å². The highest BCUT2D eigenvalue weighted by Gasteiger charge is 2.52. The molecular formula is C28H29ClFN3O. The molecule has 176 valence electrons. The molecule has 6 heteroatoms. The second-order valence-electron chi connectivity index (χ2n) is 11.1. The minimum Gasteiger partial charge on any atom is -0.381 e. The number of benzene rings is 2. The maximum absolute atomic E-state index is 14.1. The van der Waals surface area contributed by atoms with E-state index >= 15 is 0 Å². The van der Waals surface area contributed by atoms with Gasteiger partial charge < -0.3 is 9.30 Å². The van der Waals surface area contributed by atoms with Gasteiger partial charge in [0.2, 0.25) is 0 Å². The van der Waals surface area contributed by atoms with E-state index in [0.717, 1.165) is 54.1 Å². The molecule has 2 aromatic carbocycles. The molecule has 4 aromatic rings. The van der Waals surface area contributed by atoms with Crippen LogP contribution in [0.1, 0.15) is 68.5 Å². The topological polar surface area (TPSA) is 42.8 Å². The zero-order valence-electron chi connectivity index (χ0n) is 19.4. The Bertz CT molecular complexity index is 1400. The number of ether oxygens (including phenoxy) is 1. The highest BCUT2D eigenvalue weighted by molar-refractivity contribution is 6.30. The SMILES string of the molecule is CC1CC2(C1)CC(c1c(C3CCOCC3)n(-c3ccc(F)c(Cl)c3)c3cc4cn[nH]c4cc13)C2. The average Bonchev–Trinajstić information content (AvgIpc) is 3.38. The summed E-state index contributed by atoms with van der Waals surface area (Å²) in [5.41, 5.74) is 6.59. The van der Waals surface area contributed by atoms with Crippen molar-refractivity contribution < 1.29 is 9.13 Å². The van der Waals surface area contributed by atoms with Crippen LogP contribution in [0.3, 0.4) is 0 Å². The first-order valence-electron chi connectivity index (χ1n) is 12.6. The van der Waals surface area contributed by atoms with E-state index in [1.165, 1.54) is 48.4 Å². The van der Waals surface area contributed by atoms with Crippen molar-refractivity contribution >= 4 is 33.4 Å². The van der Waals surface area contributed by atoms with E-state index in [0.29, 0.717) is 17.3 Å². The summed E-state index contributed by atoms with van der Waals surface area (Å²) in [6.07, 6.45) is 9.18. The van der Waals surface area contributed by atoms with E-state index < -0.39 is 0 Å². The highest BCUT2D eigenvalue weighted by atomic mass is 35.5. The summed E-state index contributed by atoms with van der Waals surface area (Å²) >= 11 is 6.29. The number of aromatic nitrogens is 3. The molecule has 0 amide bonds. The molecular weight excluding hydrogens is 449 g/mol. The number of hydrogen-bond acceptors (Lipinski definition) is 2. The summed E-state index contributed by atoms with van der Waals surface area (Å²) in [7, 11) is 0. The fourth-order valence-corrected chi connectivity index (χ4v) is 7.59. The Morgan fingerprint density at radius 1 is 1.09 bits per heavy atom. The van der Waals surface area contributed by atoms with Crippen LogP contribution in [0.25, 0.3) is 27.5 Å². The first kappa shape index (κ1) is 21.0. The van der Waals surface area contributed by atoms with E-state index in [1.807, 2.05) is 12.3 Å². The van der Waals surface area contributed by atoms with Crippen molar-refractivity contribution in [3.63, 3.8) is 0 Å².